The summed E-state index contributed by atoms with van der Waals surface area (Å²) in [6.07, 6.45) is 5.89. The fourth-order valence-corrected chi connectivity index (χ4v) is 3.84. The van der Waals surface area contributed by atoms with Crippen molar-refractivity contribution in [2.24, 2.45) is 11.3 Å². The molecule has 1 aliphatic carbocycles. The second-order valence-electron chi connectivity index (χ2n) is 6.79. The van der Waals surface area contributed by atoms with E-state index in [1.807, 2.05) is 6.92 Å². The Morgan fingerprint density at radius 1 is 1.36 bits per heavy atom. The van der Waals surface area contributed by atoms with Crippen molar-refractivity contribution in [3.8, 4) is 0 Å². The van der Waals surface area contributed by atoms with Gasteiger partial charge in [-0.3, -0.25) is 14.3 Å². The predicted octanol–water partition coefficient (Wildman–Crippen LogP) is 1.80. The second-order valence-corrected chi connectivity index (χ2v) is 8.39. The summed E-state index contributed by atoms with van der Waals surface area (Å²) in [7, 11) is -3.41. The molecule has 0 aromatic heterocycles. The molecule has 0 amide bonds. The summed E-state index contributed by atoms with van der Waals surface area (Å²) < 4.78 is 32.7. The minimum absolute atomic E-state index is 0.0888. The Labute approximate surface area is 133 Å². The smallest absolute Gasteiger partial charge is 0.310 e. The van der Waals surface area contributed by atoms with Crippen LogP contribution in [0, 0.1) is 11.3 Å². The third-order valence-electron chi connectivity index (χ3n) is 4.65. The highest BCUT2D eigenvalue weighted by Gasteiger charge is 2.58. The summed E-state index contributed by atoms with van der Waals surface area (Å²) in [5.74, 6) is -0.255. The Kier molecular flexibility index (Phi) is 5.50. The number of carbonyl (C=O) groups is 1. The van der Waals surface area contributed by atoms with Crippen LogP contribution in [0.15, 0.2) is 0 Å². The highest BCUT2D eigenvalue weighted by Crippen LogP contribution is 2.50. The first-order valence-corrected chi connectivity index (χ1v) is 9.89. The maximum absolute atomic E-state index is 12.1. The summed E-state index contributed by atoms with van der Waals surface area (Å²) in [5, 5.41) is 3.13. The van der Waals surface area contributed by atoms with Crippen molar-refractivity contribution in [3.05, 3.63) is 0 Å². The van der Waals surface area contributed by atoms with Gasteiger partial charge >= 0.3 is 5.97 Å². The van der Waals surface area contributed by atoms with Gasteiger partial charge in [0.1, 0.15) is 0 Å². The SMILES string of the molecule is CCCCCC(C)C(=O)OC1NCC12CC(OS(C)(=O)=O)C2. The van der Waals surface area contributed by atoms with Crippen LogP contribution >= 0.6 is 0 Å². The van der Waals surface area contributed by atoms with Crippen LogP contribution in [0.4, 0.5) is 0 Å². The van der Waals surface area contributed by atoms with E-state index in [4.69, 9.17) is 8.92 Å². The van der Waals surface area contributed by atoms with Gasteiger partial charge in [-0.15, -0.1) is 0 Å². The molecule has 22 heavy (non-hydrogen) atoms. The van der Waals surface area contributed by atoms with E-state index in [0.29, 0.717) is 12.8 Å². The molecule has 7 heteroatoms. The van der Waals surface area contributed by atoms with Crippen LogP contribution in [0.25, 0.3) is 0 Å². The van der Waals surface area contributed by atoms with Crippen molar-refractivity contribution in [2.45, 2.75) is 64.7 Å². The van der Waals surface area contributed by atoms with E-state index >= 15 is 0 Å². The normalized spacial score (nSPS) is 32.1. The van der Waals surface area contributed by atoms with E-state index in [2.05, 4.69) is 12.2 Å². The zero-order valence-electron chi connectivity index (χ0n) is 13.6. The van der Waals surface area contributed by atoms with Crippen molar-refractivity contribution < 1.29 is 22.1 Å². The topological polar surface area (TPSA) is 81.7 Å². The van der Waals surface area contributed by atoms with Gasteiger partial charge in [0, 0.05) is 12.0 Å². The van der Waals surface area contributed by atoms with Crippen LogP contribution in [-0.4, -0.2) is 39.5 Å². The molecule has 0 radical (unpaired) electrons. The quantitative estimate of drug-likeness (QED) is 0.414. The van der Waals surface area contributed by atoms with Crippen molar-refractivity contribution >= 4 is 16.1 Å². The monoisotopic (exact) mass is 333 g/mol. The van der Waals surface area contributed by atoms with E-state index in [-0.39, 0.29) is 29.6 Å². The van der Waals surface area contributed by atoms with Crippen molar-refractivity contribution in [2.75, 3.05) is 12.8 Å². The molecule has 2 atom stereocenters. The van der Waals surface area contributed by atoms with Gasteiger partial charge in [0.15, 0.2) is 6.23 Å². The van der Waals surface area contributed by atoms with E-state index < -0.39 is 10.1 Å². The number of ether oxygens (including phenoxy) is 1. The van der Waals surface area contributed by atoms with Gasteiger partial charge < -0.3 is 4.74 Å². The number of unbranched alkanes of at least 4 members (excludes halogenated alkanes) is 2. The summed E-state index contributed by atoms with van der Waals surface area (Å²) in [5.41, 5.74) is -0.131. The number of nitrogens with one attached hydrogen (secondary N) is 1. The Bertz CT molecular complexity index is 498. The number of hydrogen-bond donors (Lipinski definition) is 1. The van der Waals surface area contributed by atoms with Crippen molar-refractivity contribution in [3.63, 3.8) is 0 Å². The maximum Gasteiger partial charge on any atom is 0.310 e. The van der Waals surface area contributed by atoms with E-state index in [0.717, 1.165) is 38.5 Å². The Morgan fingerprint density at radius 3 is 2.55 bits per heavy atom. The molecule has 0 aromatic rings. The standard InChI is InChI=1S/C15H27NO5S/c1-4-5-6-7-11(2)13(17)20-14-15(10-16-14)8-12(9-15)21-22(3,18)19/h11-12,14,16H,4-10H2,1-3H3. The van der Waals surface area contributed by atoms with Crippen molar-refractivity contribution in [1.82, 2.24) is 5.32 Å². The van der Waals surface area contributed by atoms with Gasteiger partial charge in [-0.2, -0.15) is 8.42 Å². The lowest BCUT2D eigenvalue weighted by atomic mass is 9.61. The van der Waals surface area contributed by atoms with Crippen LogP contribution in [0.1, 0.15) is 52.4 Å². The van der Waals surface area contributed by atoms with Gasteiger partial charge in [0.25, 0.3) is 10.1 Å². The zero-order valence-corrected chi connectivity index (χ0v) is 14.4. The lowest BCUT2D eigenvalue weighted by molar-refractivity contribution is -0.203. The molecule has 6 nitrogen and oxygen atoms in total. The average Bonchev–Trinajstić information content (AvgIpc) is 2.36. The average molecular weight is 333 g/mol. The van der Waals surface area contributed by atoms with Gasteiger partial charge in [0.05, 0.1) is 18.3 Å². The summed E-state index contributed by atoms with van der Waals surface area (Å²) in [4.78, 5) is 12.1. The molecule has 1 heterocycles. The number of esters is 1. The van der Waals surface area contributed by atoms with Crippen LogP contribution in [0.3, 0.4) is 0 Å². The van der Waals surface area contributed by atoms with Gasteiger partial charge in [0.2, 0.25) is 0 Å². The van der Waals surface area contributed by atoms with Crippen LogP contribution in [0.5, 0.6) is 0 Å². The largest absolute Gasteiger partial charge is 0.446 e. The molecule has 0 bridgehead atoms. The first-order chi connectivity index (χ1) is 10.3. The second kappa shape index (κ2) is 6.84. The number of rotatable bonds is 8. The lowest BCUT2D eigenvalue weighted by Gasteiger charge is -2.57. The summed E-state index contributed by atoms with van der Waals surface area (Å²) in [6, 6.07) is 0. The number of hydrogen-bond acceptors (Lipinski definition) is 6. The first kappa shape index (κ1) is 17.7. The fourth-order valence-electron chi connectivity index (χ4n) is 3.21. The Morgan fingerprint density at radius 2 is 2.05 bits per heavy atom. The van der Waals surface area contributed by atoms with Gasteiger partial charge in [-0.25, -0.2) is 0 Å². The fraction of sp³-hybridized carbons (Fsp3) is 0.933. The third kappa shape index (κ3) is 4.20. The molecule has 0 aromatic carbocycles. The number of carbonyl (C=O) groups excluding carboxylic acids is 1. The van der Waals surface area contributed by atoms with Crippen LogP contribution < -0.4 is 5.32 Å². The summed E-state index contributed by atoms with van der Waals surface area (Å²) >= 11 is 0. The lowest BCUT2D eigenvalue weighted by Crippen LogP contribution is -2.70. The Balaban J connectivity index is 1.74. The molecule has 2 fully saturated rings. The first-order valence-electron chi connectivity index (χ1n) is 8.08. The van der Waals surface area contributed by atoms with E-state index in [1.54, 1.807) is 0 Å². The summed E-state index contributed by atoms with van der Waals surface area (Å²) in [6.45, 7) is 4.79. The van der Waals surface area contributed by atoms with E-state index in [1.165, 1.54) is 0 Å². The molecular formula is C15H27NO5S. The molecule has 1 saturated heterocycles. The molecule has 1 N–H and O–H groups in total. The minimum Gasteiger partial charge on any atom is -0.446 e. The Hall–Kier alpha value is -0.660. The molecule has 1 spiro atoms. The highest BCUT2D eigenvalue weighted by atomic mass is 32.2. The molecule has 2 rings (SSSR count). The zero-order chi connectivity index (χ0) is 16.4. The van der Waals surface area contributed by atoms with E-state index in [9.17, 15) is 13.2 Å². The maximum atomic E-state index is 12.1. The third-order valence-corrected chi connectivity index (χ3v) is 5.27. The van der Waals surface area contributed by atoms with Crippen LogP contribution in [0.2, 0.25) is 0 Å². The molecule has 128 valence electrons. The van der Waals surface area contributed by atoms with Crippen LogP contribution in [-0.2, 0) is 23.8 Å². The molecule has 1 saturated carbocycles. The molecule has 1 aliphatic heterocycles. The molecular weight excluding hydrogens is 306 g/mol. The minimum atomic E-state index is -3.41. The molecule has 2 aliphatic rings. The predicted molar refractivity (Wildman–Crippen MR) is 82.6 cm³/mol. The van der Waals surface area contributed by atoms with Gasteiger partial charge in [-0.05, 0) is 19.3 Å². The van der Waals surface area contributed by atoms with Crippen molar-refractivity contribution in [1.29, 1.82) is 0 Å². The highest BCUT2D eigenvalue weighted by molar-refractivity contribution is 7.86. The van der Waals surface area contributed by atoms with Gasteiger partial charge in [-0.1, -0.05) is 33.1 Å². The molecule has 2 unspecified atom stereocenters.